The Morgan fingerprint density at radius 2 is 1.57 bits per heavy atom. The van der Waals surface area contributed by atoms with E-state index in [9.17, 15) is 0 Å². The maximum atomic E-state index is 6.38. The predicted molar refractivity (Wildman–Crippen MR) is 92.0 cm³/mol. The zero-order valence-electron chi connectivity index (χ0n) is 14.4. The minimum atomic E-state index is 0.158. The SMILES string of the molecule is CCCCCCCCCC(N)c1cc(C)c(OC)cc1C. The van der Waals surface area contributed by atoms with Crippen molar-refractivity contribution >= 4 is 0 Å². The van der Waals surface area contributed by atoms with E-state index in [-0.39, 0.29) is 6.04 Å². The third-order valence-corrected chi connectivity index (χ3v) is 4.30. The zero-order valence-corrected chi connectivity index (χ0v) is 14.4. The third-order valence-electron chi connectivity index (χ3n) is 4.30. The number of hydrogen-bond acceptors (Lipinski definition) is 2. The molecule has 1 aromatic rings. The lowest BCUT2D eigenvalue weighted by Gasteiger charge is -2.17. The van der Waals surface area contributed by atoms with Gasteiger partial charge in [0.15, 0.2) is 0 Å². The highest BCUT2D eigenvalue weighted by Gasteiger charge is 2.11. The molecule has 0 bridgehead atoms. The molecule has 2 N–H and O–H groups in total. The zero-order chi connectivity index (χ0) is 15.7. The number of ether oxygens (including phenoxy) is 1. The minimum Gasteiger partial charge on any atom is -0.496 e. The first-order chi connectivity index (χ1) is 10.1. The van der Waals surface area contributed by atoms with E-state index in [1.165, 1.54) is 61.6 Å². The first-order valence-electron chi connectivity index (χ1n) is 8.50. The first-order valence-corrected chi connectivity index (χ1v) is 8.50. The molecule has 1 rings (SSSR count). The van der Waals surface area contributed by atoms with Crippen LogP contribution in [0.15, 0.2) is 12.1 Å². The summed E-state index contributed by atoms with van der Waals surface area (Å²) in [7, 11) is 1.72. The topological polar surface area (TPSA) is 35.2 Å². The number of hydrogen-bond donors (Lipinski definition) is 1. The molecular weight excluding hydrogens is 258 g/mol. The van der Waals surface area contributed by atoms with E-state index in [2.05, 4.69) is 32.9 Å². The van der Waals surface area contributed by atoms with Crippen molar-refractivity contribution in [2.45, 2.75) is 78.2 Å². The van der Waals surface area contributed by atoms with Gasteiger partial charge in [-0.2, -0.15) is 0 Å². The summed E-state index contributed by atoms with van der Waals surface area (Å²) in [6, 6.07) is 4.46. The van der Waals surface area contributed by atoms with Gasteiger partial charge in [-0.25, -0.2) is 0 Å². The Morgan fingerprint density at radius 1 is 0.952 bits per heavy atom. The summed E-state index contributed by atoms with van der Waals surface area (Å²) >= 11 is 0. The molecule has 120 valence electrons. The maximum absolute atomic E-state index is 6.38. The Bertz CT molecular complexity index is 414. The molecule has 0 aliphatic rings. The Balaban J connectivity index is 2.38. The summed E-state index contributed by atoms with van der Waals surface area (Å²) in [5, 5.41) is 0. The molecule has 0 amide bonds. The van der Waals surface area contributed by atoms with Crippen molar-refractivity contribution < 1.29 is 4.74 Å². The lowest BCUT2D eigenvalue weighted by Crippen LogP contribution is -2.12. The van der Waals surface area contributed by atoms with Crippen molar-refractivity contribution in [1.29, 1.82) is 0 Å². The van der Waals surface area contributed by atoms with Gasteiger partial charge in [0, 0.05) is 6.04 Å². The van der Waals surface area contributed by atoms with Crippen molar-refractivity contribution in [3.63, 3.8) is 0 Å². The van der Waals surface area contributed by atoms with Gasteiger partial charge in [0.2, 0.25) is 0 Å². The highest BCUT2D eigenvalue weighted by molar-refractivity contribution is 5.42. The molecule has 0 aromatic heterocycles. The normalized spacial score (nSPS) is 12.4. The third kappa shape index (κ3) is 6.09. The van der Waals surface area contributed by atoms with E-state index in [0.29, 0.717) is 0 Å². The van der Waals surface area contributed by atoms with Crippen LogP contribution >= 0.6 is 0 Å². The van der Waals surface area contributed by atoms with E-state index in [4.69, 9.17) is 10.5 Å². The van der Waals surface area contributed by atoms with Crippen LogP contribution in [0.4, 0.5) is 0 Å². The van der Waals surface area contributed by atoms with Crippen LogP contribution in [0.3, 0.4) is 0 Å². The van der Waals surface area contributed by atoms with Gasteiger partial charge in [0.05, 0.1) is 7.11 Å². The molecule has 0 radical (unpaired) electrons. The molecule has 0 heterocycles. The summed E-state index contributed by atoms with van der Waals surface area (Å²) in [5.74, 6) is 0.958. The number of methoxy groups -OCH3 is 1. The van der Waals surface area contributed by atoms with E-state index >= 15 is 0 Å². The fraction of sp³-hybridized carbons (Fsp3) is 0.684. The molecule has 0 fully saturated rings. The summed E-state index contributed by atoms with van der Waals surface area (Å²) in [6.45, 7) is 6.47. The highest BCUT2D eigenvalue weighted by Crippen LogP contribution is 2.28. The molecule has 0 aliphatic heterocycles. The van der Waals surface area contributed by atoms with E-state index in [1.807, 2.05) is 0 Å². The Labute approximate surface area is 131 Å². The number of aryl methyl sites for hydroxylation is 2. The fourth-order valence-corrected chi connectivity index (χ4v) is 2.91. The van der Waals surface area contributed by atoms with E-state index in [1.54, 1.807) is 7.11 Å². The lowest BCUT2D eigenvalue weighted by molar-refractivity contribution is 0.411. The van der Waals surface area contributed by atoms with Gasteiger partial charge >= 0.3 is 0 Å². The van der Waals surface area contributed by atoms with Crippen LogP contribution in [0.25, 0.3) is 0 Å². The van der Waals surface area contributed by atoms with Crippen LogP contribution in [0, 0.1) is 13.8 Å². The molecule has 0 spiro atoms. The Hall–Kier alpha value is -1.02. The number of rotatable bonds is 10. The summed E-state index contributed by atoms with van der Waals surface area (Å²) in [4.78, 5) is 0. The van der Waals surface area contributed by atoms with Crippen molar-refractivity contribution in [3.8, 4) is 5.75 Å². The van der Waals surface area contributed by atoms with Gasteiger partial charge in [0.25, 0.3) is 0 Å². The highest BCUT2D eigenvalue weighted by atomic mass is 16.5. The predicted octanol–water partition coefficient (Wildman–Crippen LogP) is 5.45. The molecule has 2 nitrogen and oxygen atoms in total. The molecule has 0 saturated heterocycles. The molecule has 1 atom stereocenters. The average molecular weight is 291 g/mol. The molecule has 21 heavy (non-hydrogen) atoms. The average Bonchev–Trinajstić information content (AvgIpc) is 2.48. The maximum Gasteiger partial charge on any atom is 0.122 e. The molecule has 0 aliphatic carbocycles. The van der Waals surface area contributed by atoms with Gasteiger partial charge in [-0.15, -0.1) is 0 Å². The van der Waals surface area contributed by atoms with Crippen molar-refractivity contribution in [2.24, 2.45) is 5.73 Å². The Morgan fingerprint density at radius 3 is 2.19 bits per heavy atom. The second kappa shape index (κ2) is 9.83. The second-order valence-corrected chi connectivity index (χ2v) is 6.19. The minimum absolute atomic E-state index is 0.158. The van der Waals surface area contributed by atoms with Crippen molar-refractivity contribution in [1.82, 2.24) is 0 Å². The molecule has 1 aromatic carbocycles. The smallest absolute Gasteiger partial charge is 0.122 e. The quantitative estimate of drug-likeness (QED) is 0.581. The Kier molecular flexibility index (Phi) is 8.44. The lowest BCUT2D eigenvalue weighted by atomic mass is 9.95. The van der Waals surface area contributed by atoms with Gasteiger partial charge < -0.3 is 10.5 Å². The monoisotopic (exact) mass is 291 g/mol. The number of benzene rings is 1. The summed E-state index contributed by atoms with van der Waals surface area (Å²) < 4.78 is 5.36. The standard InChI is InChI=1S/C19H33NO/c1-5-6-7-8-9-10-11-12-18(20)17-13-16(3)19(21-4)14-15(17)2/h13-14,18H,5-12,20H2,1-4H3. The second-order valence-electron chi connectivity index (χ2n) is 6.19. The van der Waals surface area contributed by atoms with E-state index in [0.717, 1.165) is 12.2 Å². The molecule has 2 heteroatoms. The van der Waals surface area contributed by atoms with E-state index < -0.39 is 0 Å². The number of nitrogens with two attached hydrogens (primary N) is 1. The van der Waals surface area contributed by atoms with Gasteiger partial charge in [-0.1, -0.05) is 57.9 Å². The molecule has 0 saturated carbocycles. The fourth-order valence-electron chi connectivity index (χ4n) is 2.91. The van der Waals surface area contributed by atoms with Gasteiger partial charge in [-0.3, -0.25) is 0 Å². The van der Waals surface area contributed by atoms with Crippen LogP contribution in [0.5, 0.6) is 5.75 Å². The van der Waals surface area contributed by atoms with Crippen LogP contribution < -0.4 is 10.5 Å². The molecular formula is C19H33NO. The molecule has 1 unspecified atom stereocenters. The summed E-state index contributed by atoms with van der Waals surface area (Å²) in [6.07, 6.45) is 10.4. The first kappa shape index (κ1) is 18.0. The van der Waals surface area contributed by atoms with Crippen molar-refractivity contribution in [3.05, 3.63) is 28.8 Å². The summed E-state index contributed by atoms with van der Waals surface area (Å²) in [5.41, 5.74) is 10.1. The van der Waals surface area contributed by atoms with Crippen LogP contribution in [-0.4, -0.2) is 7.11 Å². The van der Waals surface area contributed by atoms with Crippen LogP contribution in [-0.2, 0) is 0 Å². The van der Waals surface area contributed by atoms with Gasteiger partial charge in [0.1, 0.15) is 5.75 Å². The largest absolute Gasteiger partial charge is 0.496 e. The number of unbranched alkanes of at least 4 members (excludes halogenated alkanes) is 6. The van der Waals surface area contributed by atoms with Crippen LogP contribution in [0.1, 0.15) is 81.0 Å². The van der Waals surface area contributed by atoms with Crippen molar-refractivity contribution in [2.75, 3.05) is 7.11 Å². The van der Waals surface area contributed by atoms with Gasteiger partial charge in [-0.05, 0) is 43.0 Å². The van der Waals surface area contributed by atoms with Crippen LogP contribution in [0.2, 0.25) is 0 Å².